The minimum atomic E-state index is -5.14. The number of benzene rings is 2. The van der Waals surface area contributed by atoms with E-state index in [-0.39, 0.29) is 62.7 Å². The van der Waals surface area contributed by atoms with E-state index in [0.717, 1.165) is 0 Å². The fraction of sp³-hybridized carbons (Fsp3) is 0.464. The van der Waals surface area contributed by atoms with Gasteiger partial charge in [0.1, 0.15) is 11.6 Å². The number of hydrogen-bond acceptors (Lipinski definition) is 4. The molecule has 0 radical (unpaired) electrons. The van der Waals surface area contributed by atoms with Gasteiger partial charge in [0.2, 0.25) is 0 Å². The molecule has 1 amide bonds. The van der Waals surface area contributed by atoms with E-state index in [2.05, 4.69) is 0 Å². The lowest BCUT2D eigenvalue weighted by Gasteiger charge is -2.49. The molecule has 1 unspecified atom stereocenters. The number of amides is 1. The maximum Gasteiger partial charge on any atom is 0.416 e. The van der Waals surface area contributed by atoms with E-state index < -0.39 is 57.9 Å². The first-order valence-corrected chi connectivity index (χ1v) is 12.6. The van der Waals surface area contributed by atoms with Gasteiger partial charge in [-0.15, -0.1) is 0 Å². The Hall–Kier alpha value is -3.21. The first kappa shape index (κ1) is 27.4. The number of likely N-dealkylation sites (tertiary alicyclic amines) is 1. The number of alkyl halides is 6. The fourth-order valence-corrected chi connectivity index (χ4v) is 6.55. The lowest BCUT2D eigenvalue weighted by atomic mass is 9.63. The van der Waals surface area contributed by atoms with Gasteiger partial charge in [-0.25, -0.2) is 0 Å². The Morgan fingerprint density at radius 2 is 1.21 bits per heavy atom. The van der Waals surface area contributed by atoms with Crippen molar-refractivity contribution < 1.29 is 45.8 Å². The summed E-state index contributed by atoms with van der Waals surface area (Å²) >= 11 is 0. The molecule has 2 aliphatic carbocycles. The van der Waals surface area contributed by atoms with Gasteiger partial charge in [0.25, 0.3) is 5.91 Å². The van der Waals surface area contributed by atoms with Crippen molar-refractivity contribution in [2.75, 3.05) is 6.54 Å². The minimum absolute atomic E-state index is 0.0499. The largest absolute Gasteiger partial charge is 0.416 e. The molecule has 3 aliphatic rings. The van der Waals surface area contributed by atoms with Crippen molar-refractivity contribution >= 4 is 17.5 Å². The molecule has 1 N–H and O–H groups in total. The first-order chi connectivity index (χ1) is 18.1. The Labute approximate surface area is 219 Å². The number of carbonyl (C=O) groups excluding carboxylic acids is 3. The van der Waals surface area contributed by atoms with Gasteiger partial charge in [-0.05, 0) is 55.0 Å². The van der Waals surface area contributed by atoms with Crippen LogP contribution in [-0.4, -0.2) is 34.0 Å². The number of rotatable bonds is 3. The normalized spacial score (nSPS) is 25.1. The Balaban J connectivity index is 1.56. The molecule has 1 atom stereocenters. The van der Waals surface area contributed by atoms with Gasteiger partial charge in [-0.1, -0.05) is 30.3 Å². The minimum Gasteiger partial charge on any atom is -0.375 e. The highest BCUT2D eigenvalue weighted by atomic mass is 19.4. The molecule has 2 saturated carbocycles. The van der Waals surface area contributed by atoms with Gasteiger partial charge in [-0.2, -0.15) is 26.3 Å². The molecule has 2 aromatic rings. The molecule has 5 rings (SSSR count). The van der Waals surface area contributed by atoms with E-state index >= 15 is 0 Å². The second kappa shape index (κ2) is 8.90. The molecule has 1 saturated heterocycles. The summed E-state index contributed by atoms with van der Waals surface area (Å²) in [5.41, 5.74) is -8.25. The third kappa shape index (κ3) is 4.25. The fourth-order valence-electron chi connectivity index (χ4n) is 6.55. The van der Waals surface area contributed by atoms with Gasteiger partial charge in [0, 0.05) is 25.8 Å². The molecule has 1 spiro atoms. The topological polar surface area (TPSA) is 74.7 Å². The average Bonchev–Trinajstić information content (AvgIpc) is 3.35. The van der Waals surface area contributed by atoms with Gasteiger partial charge in [-0.3, -0.25) is 14.4 Å². The second-order valence-corrected chi connectivity index (χ2v) is 10.7. The molecule has 1 heterocycles. The molecular formula is C28H25F6NO4. The smallest absolute Gasteiger partial charge is 0.375 e. The molecule has 11 heteroatoms. The van der Waals surface area contributed by atoms with Crippen molar-refractivity contribution in [1.29, 1.82) is 0 Å². The summed E-state index contributed by atoms with van der Waals surface area (Å²) < 4.78 is 81.0. The van der Waals surface area contributed by atoms with Crippen LogP contribution in [0, 0.1) is 5.41 Å². The summed E-state index contributed by atoms with van der Waals surface area (Å²) in [6.45, 7) is -0.142. The van der Waals surface area contributed by atoms with Crippen molar-refractivity contribution in [3.8, 4) is 0 Å². The van der Waals surface area contributed by atoms with Crippen LogP contribution in [-0.2, 0) is 37.9 Å². The van der Waals surface area contributed by atoms with Crippen LogP contribution in [0.3, 0.4) is 0 Å². The van der Waals surface area contributed by atoms with Crippen molar-refractivity contribution in [3.63, 3.8) is 0 Å². The van der Waals surface area contributed by atoms with E-state index in [1.54, 1.807) is 30.3 Å². The van der Waals surface area contributed by atoms with E-state index in [1.165, 1.54) is 4.90 Å². The Kier molecular flexibility index (Phi) is 6.25. The van der Waals surface area contributed by atoms with E-state index in [1.807, 2.05) is 0 Å². The monoisotopic (exact) mass is 553 g/mol. The van der Waals surface area contributed by atoms with Crippen molar-refractivity contribution in [2.45, 2.75) is 68.4 Å². The molecule has 0 bridgehead atoms. The Bertz CT molecular complexity index is 1280. The van der Waals surface area contributed by atoms with Crippen LogP contribution in [0.15, 0.2) is 48.5 Å². The van der Waals surface area contributed by atoms with Crippen LogP contribution in [0.25, 0.3) is 0 Å². The number of carbonyl (C=O) groups is 3. The van der Waals surface area contributed by atoms with Crippen molar-refractivity contribution in [1.82, 2.24) is 4.90 Å². The summed E-state index contributed by atoms with van der Waals surface area (Å²) in [6, 6.07) is 9.40. The maximum atomic E-state index is 13.8. The number of halogens is 6. The first-order valence-electron chi connectivity index (χ1n) is 12.6. The van der Waals surface area contributed by atoms with Gasteiger partial charge < -0.3 is 10.0 Å². The quantitative estimate of drug-likeness (QED) is 0.401. The zero-order chi connectivity index (χ0) is 28.4. The van der Waals surface area contributed by atoms with Crippen LogP contribution in [0.4, 0.5) is 26.3 Å². The zero-order valence-corrected chi connectivity index (χ0v) is 20.7. The lowest BCUT2D eigenvalue weighted by molar-refractivity contribution is -0.154. The highest BCUT2D eigenvalue weighted by molar-refractivity contribution is 6.13. The molecule has 39 heavy (non-hydrogen) atoms. The molecule has 208 valence electrons. The molecule has 2 aromatic carbocycles. The molecule has 3 fully saturated rings. The van der Waals surface area contributed by atoms with Crippen LogP contribution in [0.1, 0.15) is 67.2 Å². The molecule has 5 nitrogen and oxygen atoms in total. The summed E-state index contributed by atoms with van der Waals surface area (Å²) in [5.74, 6) is -1.32. The number of nitrogens with zero attached hydrogens (tertiary/aromatic N) is 1. The average molecular weight is 553 g/mol. The highest BCUT2D eigenvalue weighted by Gasteiger charge is 2.60. The molecular weight excluding hydrogens is 528 g/mol. The number of hydrogen-bond donors (Lipinski definition) is 1. The van der Waals surface area contributed by atoms with Crippen molar-refractivity contribution in [3.05, 3.63) is 70.8 Å². The summed E-state index contributed by atoms with van der Waals surface area (Å²) in [6.07, 6.45) is -9.75. The van der Waals surface area contributed by atoms with Crippen LogP contribution < -0.4 is 0 Å². The zero-order valence-electron chi connectivity index (χ0n) is 20.7. The second-order valence-electron chi connectivity index (χ2n) is 10.7. The maximum absolute atomic E-state index is 13.8. The standard InChI is InChI=1S/C28H25F6NO4/c29-27(30,31)19-14-18(15-20(16-19)28(32,33)34)26(39)12-13-35(23(26)38)25(17-4-2-1-3-5-17)10-8-24(9-11-25)21(36)6-7-22(24)37/h1-5,14-16,39H,6-13H2. The lowest BCUT2D eigenvalue weighted by Crippen LogP contribution is -2.54. The summed E-state index contributed by atoms with van der Waals surface area (Å²) in [4.78, 5) is 40.5. The van der Waals surface area contributed by atoms with Crippen LogP contribution in [0.2, 0.25) is 0 Å². The van der Waals surface area contributed by atoms with E-state index in [9.17, 15) is 45.8 Å². The number of aliphatic hydroxyl groups is 1. The Morgan fingerprint density at radius 1 is 0.692 bits per heavy atom. The molecule has 1 aliphatic heterocycles. The summed E-state index contributed by atoms with van der Waals surface area (Å²) in [7, 11) is 0. The SMILES string of the molecule is O=C1CCC(=O)C12CCC(c1ccccc1)(N1CCC(O)(c3cc(C(F)(F)F)cc(C(F)(F)F)c3)C1=O)CC2. The number of ketones is 2. The van der Waals surface area contributed by atoms with Crippen molar-refractivity contribution in [2.24, 2.45) is 5.41 Å². The van der Waals surface area contributed by atoms with Gasteiger partial charge >= 0.3 is 12.4 Å². The van der Waals surface area contributed by atoms with E-state index in [4.69, 9.17) is 0 Å². The Morgan fingerprint density at radius 3 is 1.69 bits per heavy atom. The van der Waals surface area contributed by atoms with Gasteiger partial charge in [0.15, 0.2) is 5.60 Å². The van der Waals surface area contributed by atoms with Gasteiger partial charge in [0.05, 0.1) is 22.1 Å². The predicted molar refractivity (Wildman–Crippen MR) is 125 cm³/mol. The third-order valence-electron chi connectivity index (χ3n) is 8.77. The highest BCUT2D eigenvalue weighted by Crippen LogP contribution is 2.55. The molecule has 0 aromatic heterocycles. The predicted octanol–water partition coefficient (Wildman–Crippen LogP) is 5.53. The summed E-state index contributed by atoms with van der Waals surface area (Å²) in [5, 5.41) is 11.4. The van der Waals surface area contributed by atoms with Crippen LogP contribution >= 0.6 is 0 Å². The number of Topliss-reactive ketones (excluding diaryl/α,β-unsaturated/α-hetero) is 2. The van der Waals surface area contributed by atoms with E-state index in [0.29, 0.717) is 17.7 Å². The third-order valence-corrected chi connectivity index (χ3v) is 8.77. The van der Waals surface area contributed by atoms with Crippen LogP contribution in [0.5, 0.6) is 0 Å².